The lowest BCUT2D eigenvalue weighted by Gasteiger charge is -2.16. The molecule has 4 nitrogen and oxygen atoms in total. The predicted molar refractivity (Wildman–Crippen MR) is 88.2 cm³/mol. The van der Waals surface area contributed by atoms with Gasteiger partial charge in [-0.15, -0.1) is 0 Å². The van der Waals surface area contributed by atoms with Crippen LogP contribution in [-0.2, 0) is 0 Å². The van der Waals surface area contributed by atoms with Gasteiger partial charge in [-0.1, -0.05) is 30.3 Å². The zero-order valence-corrected chi connectivity index (χ0v) is 12.5. The zero-order valence-electron chi connectivity index (χ0n) is 12.5. The van der Waals surface area contributed by atoms with E-state index in [1.807, 2.05) is 37.3 Å². The van der Waals surface area contributed by atoms with Gasteiger partial charge in [0.1, 0.15) is 17.9 Å². The highest BCUT2D eigenvalue weighted by atomic mass is 16.3. The highest BCUT2D eigenvalue weighted by molar-refractivity contribution is 5.91. The smallest absolute Gasteiger partial charge is 0.135 e. The van der Waals surface area contributed by atoms with Crippen molar-refractivity contribution in [2.24, 2.45) is 0 Å². The second kappa shape index (κ2) is 5.71. The normalized spacial score (nSPS) is 10.0. The van der Waals surface area contributed by atoms with E-state index in [0.717, 1.165) is 16.7 Å². The molecule has 3 aromatic rings. The fourth-order valence-corrected chi connectivity index (χ4v) is 2.82. The molecular formula is C19H13N3O. The number of anilines is 1. The molecule has 2 N–H and O–H groups in total. The summed E-state index contributed by atoms with van der Waals surface area (Å²) in [6, 6.07) is 17.3. The number of nitrogens with two attached hydrogens (primary N) is 1. The van der Waals surface area contributed by atoms with Crippen molar-refractivity contribution in [1.82, 2.24) is 0 Å². The van der Waals surface area contributed by atoms with Gasteiger partial charge in [0.25, 0.3) is 0 Å². The number of furan rings is 1. The van der Waals surface area contributed by atoms with Gasteiger partial charge in [-0.05, 0) is 30.2 Å². The maximum absolute atomic E-state index is 9.56. The molecule has 1 heterocycles. The maximum atomic E-state index is 9.56. The number of rotatable bonds is 2. The largest absolute Gasteiger partial charge is 0.464 e. The fourth-order valence-electron chi connectivity index (χ4n) is 2.82. The molecule has 0 aliphatic carbocycles. The minimum atomic E-state index is 0.186. The molecule has 1 aromatic heterocycles. The van der Waals surface area contributed by atoms with Crippen LogP contribution >= 0.6 is 0 Å². The lowest BCUT2D eigenvalue weighted by Crippen LogP contribution is -2.03. The van der Waals surface area contributed by atoms with Crippen LogP contribution in [0.15, 0.2) is 53.1 Å². The molecule has 3 rings (SSSR count). The van der Waals surface area contributed by atoms with Crippen LogP contribution in [0.2, 0.25) is 0 Å². The van der Waals surface area contributed by atoms with E-state index in [2.05, 4.69) is 12.1 Å². The van der Waals surface area contributed by atoms with Crippen molar-refractivity contribution < 1.29 is 4.42 Å². The first-order chi connectivity index (χ1) is 11.2. The minimum Gasteiger partial charge on any atom is -0.464 e. The number of nitrogen functional groups attached to an aromatic ring is 1. The molecule has 0 aliphatic heterocycles. The van der Waals surface area contributed by atoms with E-state index < -0.39 is 0 Å². The quantitative estimate of drug-likeness (QED) is 0.717. The Morgan fingerprint density at radius 1 is 0.913 bits per heavy atom. The summed E-state index contributed by atoms with van der Waals surface area (Å²) in [4.78, 5) is 0. The number of benzene rings is 2. The van der Waals surface area contributed by atoms with E-state index in [1.165, 1.54) is 0 Å². The Kier molecular flexibility index (Phi) is 3.58. The number of hydrogen-bond donors (Lipinski definition) is 1. The molecule has 0 fully saturated rings. The first kappa shape index (κ1) is 14.4. The standard InChI is InChI=1S/C19H13N3O/c1-12-17(13-6-3-2-4-7-13)14(10-20)19(22)15(11-21)18(12)16-8-5-9-23-16/h2-9H,22H2,1H3. The van der Waals surface area contributed by atoms with Gasteiger partial charge in [0.05, 0.1) is 23.1 Å². The van der Waals surface area contributed by atoms with E-state index in [1.54, 1.807) is 18.4 Å². The van der Waals surface area contributed by atoms with Crippen molar-refractivity contribution in [2.75, 3.05) is 5.73 Å². The van der Waals surface area contributed by atoms with Crippen molar-refractivity contribution in [3.8, 4) is 34.6 Å². The van der Waals surface area contributed by atoms with Crippen LogP contribution < -0.4 is 5.73 Å². The first-order valence-corrected chi connectivity index (χ1v) is 7.04. The zero-order chi connectivity index (χ0) is 16.4. The molecule has 4 heteroatoms. The third-order valence-corrected chi connectivity index (χ3v) is 3.84. The number of nitrogens with zero attached hydrogens (tertiary/aromatic N) is 2. The van der Waals surface area contributed by atoms with Gasteiger partial charge in [-0.3, -0.25) is 0 Å². The van der Waals surface area contributed by atoms with Gasteiger partial charge >= 0.3 is 0 Å². The molecule has 0 bridgehead atoms. The van der Waals surface area contributed by atoms with Crippen molar-refractivity contribution >= 4 is 5.69 Å². The Hall–Kier alpha value is -3.50. The summed E-state index contributed by atoms with van der Waals surface area (Å²) >= 11 is 0. The van der Waals surface area contributed by atoms with E-state index in [9.17, 15) is 10.5 Å². The van der Waals surface area contributed by atoms with Crippen LogP contribution in [0.1, 0.15) is 16.7 Å². The molecular weight excluding hydrogens is 286 g/mol. The van der Waals surface area contributed by atoms with Crippen LogP contribution in [0.5, 0.6) is 0 Å². The summed E-state index contributed by atoms with van der Waals surface area (Å²) in [5.41, 5.74) is 9.95. The Bertz CT molecular complexity index is 943. The average Bonchev–Trinajstić information content (AvgIpc) is 3.10. The van der Waals surface area contributed by atoms with Gasteiger partial charge in [0.2, 0.25) is 0 Å². The van der Waals surface area contributed by atoms with E-state index in [-0.39, 0.29) is 11.3 Å². The van der Waals surface area contributed by atoms with Crippen molar-refractivity contribution in [3.05, 3.63) is 65.4 Å². The molecule has 0 aliphatic rings. The van der Waals surface area contributed by atoms with Gasteiger partial charge in [-0.2, -0.15) is 10.5 Å². The predicted octanol–water partition coefficient (Wildman–Crippen LogP) is 4.25. The summed E-state index contributed by atoms with van der Waals surface area (Å²) < 4.78 is 5.47. The molecule has 2 aromatic carbocycles. The topological polar surface area (TPSA) is 86.7 Å². The van der Waals surface area contributed by atoms with E-state index in [4.69, 9.17) is 10.2 Å². The SMILES string of the molecule is Cc1c(-c2ccccc2)c(C#N)c(N)c(C#N)c1-c1ccco1. The van der Waals surface area contributed by atoms with E-state index >= 15 is 0 Å². The van der Waals surface area contributed by atoms with Crippen molar-refractivity contribution in [1.29, 1.82) is 10.5 Å². The maximum Gasteiger partial charge on any atom is 0.135 e. The Balaban J connectivity index is 2.47. The summed E-state index contributed by atoms with van der Waals surface area (Å²) in [5, 5.41) is 19.1. The van der Waals surface area contributed by atoms with Gasteiger partial charge < -0.3 is 10.2 Å². The van der Waals surface area contributed by atoms with Crippen LogP contribution in [-0.4, -0.2) is 0 Å². The summed E-state index contributed by atoms with van der Waals surface area (Å²) in [6.45, 7) is 1.88. The third-order valence-electron chi connectivity index (χ3n) is 3.84. The van der Waals surface area contributed by atoms with Gasteiger partial charge in [0.15, 0.2) is 0 Å². The summed E-state index contributed by atoms with van der Waals surface area (Å²) in [6.07, 6.45) is 1.55. The van der Waals surface area contributed by atoms with Crippen LogP contribution in [0.4, 0.5) is 5.69 Å². The van der Waals surface area contributed by atoms with Crippen LogP contribution in [0, 0.1) is 29.6 Å². The second-order valence-electron chi connectivity index (χ2n) is 5.11. The molecule has 0 atom stereocenters. The van der Waals surface area contributed by atoms with Crippen molar-refractivity contribution in [3.63, 3.8) is 0 Å². The second-order valence-corrected chi connectivity index (χ2v) is 5.11. The molecule has 0 saturated heterocycles. The van der Waals surface area contributed by atoms with Gasteiger partial charge in [-0.25, -0.2) is 0 Å². The lowest BCUT2D eigenvalue weighted by molar-refractivity contribution is 0.582. The molecule has 0 radical (unpaired) electrons. The summed E-state index contributed by atoms with van der Waals surface area (Å²) in [5.74, 6) is 0.562. The van der Waals surface area contributed by atoms with Crippen molar-refractivity contribution in [2.45, 2.75) is 6.92 Å². The average molecular weight is 299 g/mol. The highest BCUT2D eigenvalue weighted by Crippen LogP contribution is 2.41. The first-order valence-electron chi connectivity index (χ1n) is 7.04. The minimum absolute atomic E-state index is 0.186. The number of hydrogen-bond acceptors (Lipinski definition) is 4. The third kappa shape index (κ3) is 2.23. The molecule has 110 valence electrons. The fraction of sp³-hybridized carbons (Fsp3) is 0.0526. The highest BCUT2D eigenvalue weighted by Gasteiger charge is 2.23. The molecule has 0 unspecified atom stereocenters. The summed E-state index contributed by atoms with van der Waals surface area (Å²) in [7, 11) is 0. The Morgan fingerprint density at radius 3 is 2.13 bits per heavy atom. The number of nitriles is 2. The Labute approximate surface area is 134 Å². The molecule has 0 spiro atoms. The van der Waals surface area contributed by atoms with Crippen LogP contribution in [0.25, 0.3) is 22.5 Å². The monoisotopic (exact) mass is 299 g/mol. The molecule has 0 saturated carbocycles. The van der Waals surface area contributed by atoms with Crippen LogP contribution in [0.3, 0.4) is 0 Å². The Morgan fingerprint density at radius 2 is 1.57 bits per heavy atom. The molecule has 0 amide bonds. The van der Waals surface area contributed by atoms with E-state index in [0.29, 0.717) is 16.9 Å². The lowest BCUT2D eigenvalue weighted by atomic mass is 9.86. The van der Waals surface area contributed by atoms with Gasteiger partial charge in [0, 0.05) is 11.1 Å². The molecule has 23 heavy (non-hydrogen) atoms.